The van der Waals surface area contributed by atoms with E-state index in [2.05, 4.69) is 25.9 Å². The van der Waals surface area contributed by atoms with Gasteiger partial charge in [0.15, 0.2) is 5.96 Å². The molecule has 2 rings (SSSR count). The predicted molar refractivity (Wildman–Crippen MR) is 106 cm³/mol. The van der Waals surface area contributed by atoms with E-state index in [0.29, 0.717) is 0 Å². The van der Waals surface area contributed by atoms with Gasteiger partial charge in [0.1, 0.15) is 11.6 Å². The maximum absolute atomic E-state index is 13.2. The monoisotopic (exact) mass is 357 g/mol. The van der Waals surface area contributed by atoms with Crippen LogP contribution in [-0.4, -0.2) is 37.1 Å². The van der Waals surface area contributed by atoms with Crippen LogP contribution in [0.2, 0.25) is 0 Å². The molecule has 1 aromatic carbocycles. The Morgan fingerprint density at radius 2 is 2.00 bits per heavy atom. The highest BCUT2D eigenvalue weighted by molar-refractivity contribution is 5.79. The Bertz CT molecular complexity index is 660. The number of aliphatic imine (C=N–C) groups is 1. The van der Waals surface area contributed by atoms with Crippen molar-refractivity contribution in [1.29, 1.82) is 0 Å². The largest absolute Gasteiger partial charge is 0.370 e. The van der Waals surface area contributed by atoms with E-state index >= 15 is 0 Å². The summed E-state index contributed by atoms with van der Waals surface area (Å²) in [6, 6.07) is 12.5. The Kier molecular flexibility index (Phi) is 8.97. The molecule has 0 radical (unpaired) electrons. The minimum absolute atomic E-state index is 0.192. The Labute approximate surface area is 155 Å². The van der Waals surface area contributed by atoms with Crippen LogP contribution in [0.4, 0.5) is 10.2 Å². The maximum atomic E-state index is 13.2. The van der Waals surface area contributed by atoms with Crippen molar-refractivity contribution in [3.63, 3.8) is 0 Å². The number of nitrogens with zero attached hydrogens (tertiary/aromatic N) is 2. The number of hydrogen-bond acceptors (Lipinski definition) is 3. The Morgan fingerprint density at radius 3 is 2.77 bits per heavy atom. The average Bonchev–Trinajstić information content (AvgIpc) is 2.65. The van der Waals surface area contributed by atoms with Crippen LogP contribution in [0, 0.1) is 5.82 Å². The number of pyridine rings is 1. The molecule has 1 aromatic heterocycles. The fourth-order valence-electron chi connectivity index (χ4n) is 2.47. The van der Waals surface area contributed by atoms with Gasteiger partial charge in [0.2, 0.25) is 0 Å². The third-order valence-corrected chi connectivity index (χ3v) is 3.77. The predicted octanol–water partition coefficient (Wildman–Crippen LogP) is 3.21. The second-order valence-corrected chi connectivity index (χ2v) is 5.92. The van der Waals surface area contributed by atoms with Crippen LogP contribution in [-0.2, 0) is 6.42 Å². The van der Waals surface area contributed by atoms with E-state index in [4.69, 9.17) is 0 Å². The second-order valence-electron chi connectivity index (χ2n) is 5.92. The maximum Gasteiger partial charge on any atom is 0.191 e. The summed E-state index contributed by atoms with van der Waals surface area (Å²) < 4.78 is 13.2. The molecule has 0 saturated carbocycles. The number of aromatic nitrogens is 1. The summed E-state index contributed by atoms with van der Waals surface area (Å²) in [7, 11) is 0. The van der Waals surface area contributed by atoms with Gasteiger partial charge in [-0.25, -0.2) is 9.37 Å². The number of rotatable bonds is 10. The van der Waals surface area contributed by atoms with E-state index in [1.165, 1.54) is 6.07 Å². The van der Waals surface area contributed by atoms with Crippen molar-refractivity contribution in [3.8, 4) is 0 Å². The summed E-state index contributed by atoms with van der Waals surface area (Å²) >= 11 is 0. The number of unbranched alkanes of at least 4 members (excludes halogenated alkanes) is 1. The van der Waals surface area contributed by atoms with E-state index in [9.17, 15) is 4.39 Å². The topological polar surface area (TPSA) is 61.3 Å². The zero-order valence-corrected chi connectivity index (χ0v) is 15.3. The van der Waals surface area contributed by atoms with Crippen LogP contribution in [0.15, 0.2) is 53.7 Å². The van der Waals surface area contributed by atoms with Gasteiger partial charge >= 0.3 is 0 Å². The van der Waals surface area contributed by atoms with Crippen molar-refractivity contribution in [1.82, 2.24) is 15.6 Å². The Balaban J connectivity index is 1.64. The van der Waals surface area contributed by atoms with Gasteiger partial charge in [-0.1, -0.05) is 18.2 Å². The quantitative estimate of drug-likeness (QED) is 0.347. The van der Waals surface area contributed by atoms with Gasteiger partial charge in [0.05, 0.1) is 0 Å². The molecular weight excluding hydrogens is 329 g/mol. The molecule has 0 aliphatic carbocycles. The fourth-order valence-corrected chi connectivity index (χ4v) is 2.47. The lowest BCUT2D eigenvalue weighted by molar-refractivity contribution is 0.625. The summed E-state index contributed by atoms with van der Waals surface area (Å²) in [4.78, 5) is 8.81. The molecule has 0 aliphatic heterocycles. The summed E-state index contributed by atoms with van der Waals surface area (Å²) in [6.45, 7) is 5.22. The van der Waals surface area contributed by atoms with Crippen molar-refractivity contribution in [2.45, 2.75) is 26.2 Å². The third kappa shape index (κ3) is 7.96. The SMILES string of the molecule is CCNC(=NCCCCNc1ccccn1)NCCc1cccc(F)c1. The number of benzene rings is 1. The molecule has 6 heteroatoms. The number of halogens is 1. The smallest absolute Gasteiger partial charge is 0.191 e. The highest BCUT2D eigenvalue weighted by Gasteiger charge is 1.99. The van der Waals surface area contributed by atoms with Crippen molar-refractivity contribution < 1.29 is 4.39 Å². The first kappa shape index (κ1) is 19.7. The van der Waals surface area contributed by atoms with Crippen molar-refractivity contribution in [2.75, 3.05) is 31.5 Å². The van der Waals surface area contributed by atoms with Crippen LogP contribution in [0.5, 0.6) is 0 Å². The molecule has 0 unspecified atom stereocenters. The molecule has 0 atom stereocenters. The number of hydrogen-bond donors (Lipinski definition) is 3. The molecule has 0 saturated heterocycles. The Morgan fingerprint density at radius 1 is 1.08 bits per heavy atom. The van der Waals surface area contributed by atoms with Crippen LogP contribution in [0.1, 0.15) is 25.3 Å². The van der Waals surface area contributed by atoms with Crippen molar-refractivity contribution >= 4 is 11.8 Å². The van der Waals surface area contributed by atoms with Gasteiger partial charge in [-0.15, -0.1) is 0 Å². The lowest BCUT2D eigenvalue weighted by Crippen LogP contribution is -2.38. The average molecular weight is 357 g/mol. The lowest BCUT2D eigenvalue weighted by atomic mass is 10.1. The van der Waals surface area contributed by atoms with Gasteiger partial charge in [-0.3, -0.25) is 4.99 Å². The molecule has 140 valence electrons. The number of guanidine groups is 1. The van der Waals surface area contributed by atoms with E-state index in [-0.39, 0.29) is 5.82 Å². The van der Waals surface area contributed by atoms with E-state index in [1.54, 1.807) is 18.3 Å². The summed E-state index contributed by atoms with van der Waals surface area (Å²) in [5.41, 5.74) is 0.981. The minimum Gasteiger partial charge on any atom is -0.370 e. The number of anilines is 1. The molecule has 5 nitrogen and oxygen atoms in total. The third-order valence-electron chi connectivity index (χ3n) is 3.77. The standard InChI is InChI=1S/C20H28FN5/c1-2-22-20(26-15-11-17-8-7-9-18(21)16-17)25-14-6-5-13-24-19-10-3-4-12-23-19/h3-4,7-10,12,16H,2,5-6,11,13-15H2,1H3,(H,23,24)(H2,22,25,26). The fraction of sp³-hybridized carbons (Fsp3) is 0.400. The Hall–Kier alpha value is -2.63. The molecule has 0 aliphatic rings. The van der Waals surface area contributed by atoms with Crippen LogP contribution >= 0.6 is 0 Å². The van der Waals surface area contributed by atoms with E-state index < -0.39 is 0 Å². The lowest BCUT2D eigenvalue weighted by Gasteiger charge is -2.11. The van der Waals surface area contributed by atoms with Crippen LogP contribution in [0.25, 0.3) is 0 Å². The van der Waals surface area contributed by atoms with Gasteiger partial charge in [-0.05, 0) is 56.0 Å². The second kappa shape index (κ2) is 11.8. The summed E-state index contributed by atoms with van der Waals surface area (Å²) in [6.07, 6.45) is 4.57. The summed E-state index contributed by atoms with van der Waals surface area (Å²) in [5, 5.41) is 9.83. The molecule has 0 bridgehead atoms. The highest BCUT2D eigenvalue weighted by atomic mass is 19.1. The van der Waals surface area contributed by atoms with E-state index in [0.717, 1.165) is 62.8 Å². The molecule has 0 fully saturated rings. The molecule has 0 amide bonds. The van der Waals surface area contributed by atoms with Gasteiger partial charge in [0.25, 0.3) is 0 Å². The minimum atomic E-state index is -0.192. The summed E-state index contributed by atoms with van der Waals surface area (Å²) in [5.74, 6) is 1.52. The number of nitrogens with one attached hydrogen (secondary N) is 3. The van der Waals surface area contributed by atoms with Crippen molar-refractivity contribution in [2.24, 2.45) is 4.99 Å². The van der Waals surface area contributed by atoms with Crippen molar-refractivity contribution in [3.05, 3.63) is 60.0 Å². The highest BCUT2D eigenvalue weighted by Crippen LogP contribution is 2.03. The molecule has 1 heterocycles. The molecular formula is C20H28FN5. The van der Waals surface area contributed by atoms with Crippen LogP contribution in [0.3, 0.4) is 0 Å². The van der Waals surface area contributed by atoms with Gasteiger partial charge in [-0.2, -0.15) is 0 Å². The van der Waals surface area contributed by atoms with Crippen LogP contribution < -0.4 is 16.0 Å². The molecule has 3 N–H and O–H groups in total. The normalized spacial score (nSPS) is 11.2. The van der Waals surface area contributed by atoms with E-state index in [1.807, 2.05) is 31.2 Å². The molecule has 26 heavy (non-hydrogen) atoms. The first-order chi connectivity index (χ1) is 12.8. The zero-order valence-electron chi connectivity index (χ0n) is 15.3. The molecule has 0 spiro atoms. The van der Waals surface area contributed by atoms with Gasteiger partial charge in [0, 0.05) is 32.4 Å². The molecule has 2 aromatic rings. The first-order valence-corrected chi connectivity index (χ1v) is 9.19. The zero-order chi connectivity index (χ0) is 18.5. The van der Waals surface area contributed by atoms with Gasteiger partial charge < -0.3 is 16.0 Å². The first-order valence-electron chi connectivity index (χ1n) is 9.19.